The van der Waals surface area contributed by atoms with Gasteiger partial charge >= 0.3 is 0 Å². The predicted molar refractivity (Wildman–Crippen MR) is 111 cm³/mol. The summed E-state index contributed by atoms with van der Waals surface area (Å²) < 4.78 is 0. The second-order valence-corrected chi connectivity index (χ2v) is 7.37. The summed E-state index contributed by atoms with van der Waals surface area (Å²) >= 11 is 0. The standard InChI is InChI=1S/C21H26N6O/c1-15-8-5-6-12-27(15)13-7-11-22-21-23-14-17-19(26-21)25-20(28)18(24-17)16-9-3-2-4-10-16/h2-4,9-10,14-15H,5-8,11-13H2,1H3,(H2,22,23,25,26,28). The van der Waals surface area contributed by atoms with Crippen LogP contribution in [0.1, 0.15) is 32.6 Å². The minimum absolute atomic E-state index is 0.248. The van der Waals surface area contributed by atoms with Crippen LogP contribution in [0.2, 0.25) is 0 Å². The Morgan fingerprint density at radius 1 is 1.21 bits per heavy atom. The van der Waals surface area contributed by atoms with Gasteiger partial charge in [0.05, 0.1) is 6.20 Å². The number of benzene rings is 1. The number of hydrogen-bond donors (Lipinski definition) is 2. The molecular formula is C21H26N6O. The van der Waals surface area contributed by atoms with Gasteiger partial charge in [0.2, 0.25) is 5.95 Å². The third-order valence-corrected chi connectivity index (χ3v) is 5.34. The van der Waals surface area contributed by atoms with Crippen LogP contribution in [0.3, 0.4) is 0 Å². The summed E-state index contributed by atoms with van der Waals surface area (Å²) in [7, 11) is 0. The highest BCUT2D eigenvalue weighted by atomic mass is 16.1. The van der Waals surface area contributed by atoms with Gasteiger partial charge in [-0.1, -0.05) is 36.8 Å². The molecule has 0 saturated carbocycles. The van der Waals surface area contributed by atoms with Crippen molar-refractivity contribution < 1.29 is 0 Å². The number of piperidine rings is 1. The lowest BCUT2D eigenvalue weighted by Gasteiger charge is -2.33. The number of nitrogens with zero attached hydrogens (tertiary/aromatic N) is 4. The van der Waals surface area contributed by atoms with E-state index in [0.29, 0.717) is 28.8 Å². The average Bonchev–Trinajstić information content (AvgIpc) is 2.72. The Hall–Kier alpha value is -2.80. The Labute approximate surface area is 164 Å². The van der Waals surface area contributed by atoms with Gasteiger partial charge in [-0.25, -0.2) is 9.97 Å². The number of likely N-dealkylation sites (tertiary alicyclic amines) is 1. The summed E-state index contributed by atoms with van der Waals surface area (Å²) in [6.45, 7) is 5.39. The molecule has 0 bridgehead atoms. The maximum Gasteiger partial charge on any atom is 0.276 e. The molecule has 1 aliphatic rings. The van der Waals surface area contributed by atoms with Crippen molar-refractivity contribution in [2.24, 2.45) is 0 Å². The zero-order chi connectivity index (χ0) is 19.3. The van der Waals surface area contributed by atoms with Crippen molar-refractivity contribution in [3.8, 4) is 11.3 Å². The molecule has 0 aliphatic carbocycles. The minimum atomic E-state index is -0.248. The van der Waals surface area contributed by atoms with Crippen molar-refractivity contribution in [2.45, 2.75) is 38.6 Å². The quantitative estimate of drug-likeness (QED) is 0.641. The number of hydrogen-bond acceptors (Lipinski definition) is 6. The van der Waals surface area contributed by atoms with Crippen LogP contribution in [0.25, 0.3) is 22.4 Å². The molecule has 146 valence electrons. The normalized spacial score (nSPS) is 17.7. The van der Waals surface area contributed by atoms with Crippen molar-refractivity contribution in [1.82, 2.24) is 24.8 Å². The number of rotatable bonds is 6. The molecule has 0 spiro atoms. The van der Waals surface area contributed by atoms with Gasteiger partial charge < -0.3 is 15.2 Å². The number of H-pyrrole nitrogens is 1. The van der Waals surface area contributed by atoms with Gasteiger partial charge in [0.15, 0.2) is 5.65 Å². The van der Waals surface area contributed by atoms with Crippen LogP contribution >= 0.6 is 0 Å². The van der Waals surface area contributed by atoms with E-state index in [9.17, 15) is 4.79 Å². The van der Waals surface area contributed by atoms with E-state index < -0.39 is 0 Å². The number of nitrogens with one attached hydrogen (secondary N) is 2. The second kappa shape index (κ2) is 8.48. The van der Waals surface area contributed by atoms with E-state index in [-0.39, 0.29) is 5.56 Å². The Balaban J connectivity index is 1.41. The number of fused-ring (bicyclic) bond motifs is 1. The van der Waals surface area contributed by atoms with Gasteiger partial charge in [0.1, 0.15) is 11.2 Å². The molecule has 1 atom stereocenters. The molecule has 1 aromatic carbocycles. The number of aromatic amines is 1. The van der Waals surface area contributed by atoms with Crippen molar-refractivity contribution in [2.75, 3.05) is 25.0 Å². The van der Waals surface area contributed by atoms with Gasteiger partial charge in [0.25, 0.3) is 5.56 Å². The highest BCUT2D eigenvalue weighted by Gasteiger charge is 2.17. The fourth-order valence-corrected chi connectivity index (χ4v) is 3.74. The van der Waals surface area contributed by atoms with Crippen LogP contribution < -0.4 is 10.9 Å². The first-order chi connectivity index (χ1) is 13.7. The van der Waals surface area contributed by atoms with Gasteiger partial charge in [-0.05, 0) is 32.7 Å². The van der Waals surface area contributed by atoms with E-state index in [1.807, 2.05) is 30.3 Å². The lowest BCUT2D eigenvalue weighted by Crippen LogP contribution is -2.38. The summed E-state index contributed by atoms with van der Waals surface area (Å²) in [4.78, 5) is 31.0. The van der Waals surface area contributed by atoms with E-state index in [2.05, 4.69) is 37.1 Å². The molecule has 2 aromatic heterocycles. The molecule has 1 fully saturated rings. The predicted octanol–water partition coefficient (Wildman–Crippen LogP) is 3.06. The molecule has 0 amide bonds. The van der Waals surface area contributed by atoms with E-state index in [1.54, 1.807) is 6.20 Å². The summed E-state index contributed by atoms with van der Waals surface area (Å²) in [5.74, 6) is 0.518. The first-order valence-corrected chi connectivity index (χ1v) is 10.0. The van der Waals surface area contributed by atoms with Crippen LogP contribution in [0.5, 0.6) is 0 Å². The highest BCUT2D eigenvalue weighted by Crippen LogP contribution is 2.17. The maximum atomic E-state index is 12.4. The van der Waals surface area contributed by atoms with Crippen LogP contribution in [-0.4, -0.2) is 50.5 Å². The molecule has 7 heteroatoms. The fraction of sp³-hybridized carbons (Fsp3) is 0.429. The molecule has 1 unspecified atom stereocenters. The zero-order valence-corrected chi connectivity index (χ0v) is 16.2. The third kappa shape index (κ3) is 4.20. The molecule has 4 rings (SSSR count). The first-order valence-electron chi connectivity index (χ1n) is 10.0. The molecule has 0 radical (unpaired) electrons. The fourth-order valence-electron chi connectivity index (χ4n) is 3.74. The summed E-state index contributed by atoms with van der Waals surface area (Å²) in [6, 6.07) is 10.1. The Morgan fingerprint density at radius 2 is 2.07 bits per heavy atom. The Morgan fingerprint density at radius 3 is 2.89 bits per heavy atom. The number of anilines is 1. The van der Waals surface area contributed by atoms with E-state index in [1.165, 1.54) is 25.8 Å². The average molecular weight is 378 g/mol. The van der Waals surface area contributed by atoms with Gasteiger partial charge in [0, 0.05) is 24.7 Å². The largest absolute Gasteiger partial charge is 0.354 e. The minimum Gasteiger partial charge on any atom is -0.354 e. The smallest absolute Gasteiger partial charge is 0.276 e. The molecule has 2 N–H and O–H groups in total. The molecule has 1 aliphatic heterocycles. The molecule has 1 saturated heterocycles. The van der Waals surface area contributed by atoms with Crippen molar-refractivity contribution >= 4 is 17.1 Å². The SMILES string of the molecule is CC1CCCCN1CCCNc1ncc2nc(-c3ccccc3)c(=O)[nH]c2n1. The topological polar surface area (TPSA) is 86.8 Å². The third-order valence-electron chi connectivity index (χ3n) is 5.34. The Kier molecular flexibility index (Phi) is 5.62. The molecule has 7 nitrogen and oxygen atoms in total. The highest BCUT2D eigenvalue weighted by molar-refractivity contribution is 5.73. The zero-order valence-electron chi connectivity index (χ0n) is 16.2. The summed E-state index contributed by atoms with van der Waals surface area (Å²) in [5, 5.41) is 3.26. The van der Waals surface area contributed by atoms with Gasteiger partial charge in [-0.2, -0.15) is 4.98 Å². The molecular weight excluding hydrogens is 352 g/mol. The van der Waals surface area contributed by atoms with Gasteiger partial charge in [-0.15, -0.1) is 0 Å². The lowest BCUT2D eigenvalue weighted by atomic mass is 10.0. The van der Waals surface area contributed by atoms with Crippen LogP contribution in [-0.2, 0) is 0 Å². The van der Waals surface area contributed by atoms with Crippen LogP contribution in [0.15, 0.2) is 41.3 Å². The van der Waals surface area contributed by atoms with Crippen molar-refractivity contribution in [3.05, 3.63) is 46.9 Å². The van der Waals surface area contributed by atoms with E-state index in [4.69, 9.17) is 0 Å². The summed E-state index contributed by atoms with van der Waals surface area (Å²) in [5.41, 5.74) is 1.94. The summed E-state index contributed by atoms with van der Waals surface area (Å²) in [6.07, 6.45) is 6.63. The van der Waals surface area contributed by atoms with Crippen molar-refractivity contribution in [1.29, 1.82) is 0 Å². The van der Waals surface area contributed by atoms with Gasteiger partial charge in [-0.3, -0.25) is 4.79 Å². The number of aromatic nitrogens is 4. The van der Waals surface area contributed by atoms with Crippen LogP contribution in [0.4, 0.5) is 5.95 Å². The monoisotopic (exact) mass is 378 g/mol. The first kappa shape index (κ1) is 18.6. The van der Waals surface area contributed by atoms with E-state index >= 15 is 0 Å². The van der Waals surface area contributed by atoms with E-state index in [0.717, 1.165) is 25.1 Å². The molecule has 3 heterocycles. The van der Waals surface area contributed by atoms with Crippen molar-refractivity contribution in [3.63, 3.8) is 0 Å². The Bertz CT molecular complexity index is 987. The lowest BCUT2D eigenvalue weighted by molar-refractivity contribution is 0.160. The second-order valence-electron chi connectivity index (χ2n) is 7.37. The molecule has 28 heavy (non-hydrogen) atoms. The van der Waals surface area contributed by atoms with Crippen LogP contribution in [0, 0.1) is 0 Å². The maximum absolute atomic E-state index is 12.4. The molecule has 3 aromatic rings.